The summed E-state index contributed by atoms with van der Waals surface area (Å²) >= 11 is 0. The molecule has 6 heteroatoms. The number of nitrogens with zero attached hydrogens (tertiary/aromatic N) is 3. The standard InChI is InChI=1S/C23H27N3O3/c1-24-9-11-26(12-10-24)21-14-18(29-4)13-20-23(21)22(27)15-19(25(20)2)16-5-7-17(28-3)8-6-16/h5-8,13-15H,9-12H2,1-4H3. The first-order valence-corrected chi connectivity index (χ1v) is 9.81. The summed E-state index contributed by atoms with van der Waals surface area (Å²) in [5.74, 6) is 1.55. The Morgan fingerprint density at radius 3 is 2.10 bits per heavy atom. The fourth-order valence-corrected chi connectivity index (χ4v) is 3.98. The SMILES string of the molecule is COc1ccc(-c2cc(=O)c3c(N4CCN(C)CC4)cc(OC)cc3n2C)cc1. The average molecular weight is 393 g/mol. The van der Waals surface area contributed by atoms with Crippen LogP contribution in [0.1, 0.15) is 0 Å². The van der Waals surface area contributed by atoms with Gasteiger partial charge in [-0.2, -0.15) is 0 Å². The first-order valence-electron chi connectivity index (χ1n) is 9.81. The summed E-state index contributed by atoms with van der Waals surface area (Å²) in [6, 6.07) is 13.4. The van der Waals surface area contributed by atoms with Gasteiger partial charge in [-0.3, -0.25) is 4.79 Å². The highest BCUT2D eigenvalue weighted by molar-refractivity contribution is 5.95. The predicted octanol–water partition coefficient (Wildman–Crippen LogP) is 2.97. The number of aryl methyl sites for hydroxylation is 1. The van der Waals surface area contributed by atoms with E-state index in [0.29, 0.717) is 0 Å². The molecular formula is C23H27N3O3. The second kappa shape index (κ2) is 7.79. The fourth-order valence-electron chi connectivity index (χ4n) is 3.98. The van der Waals surface area contributed by atoms with Gasteiger partial charge in [-0.05, 0) is 36.9 Å². The van der Waals surface area contributed by atoms with Gasteiger partial charge in [-0.15, -0.1) is 0 Å². The van der Waals surface area contributed by atoms with Gasteiger partial charge in [0.15, 0.2) is 5.43 Å². The Morgan fingerprint density at radius 2 is 1.48 bits per heavy atom. The molecule has 1 aromatic heterocycles. The zero-order chi connectivity index (χ0) is 20.5. The van der Waals surface area contributed by atoms with E-state index in [0.717, 1.165) is 65.5 Å². The van der Waals surface area contributed by atoms with Crippen molar-refractivity contribution in [3.63, 3.8) is 0 Å². The van der Waals surface area contributed by atoms with Gasteiger partial charge in [0.1, 0.15) is 11.5 Å². The Kier molecular flexibility index (Phi) is 5.20. The molecule has 1 saturated heterocycles. The quantitative estimate of drug-likeness (QED) is 0.682. The van der Waals surface area contributed by atoms with Crippen LogP contribution in [0.2, 0.25) is 0 Å². The molecule has 0 N–H and O–H groups in total. The highest BCUT2D eigenvalue weighted by Gasteiger charge is 2.21. The maximum absolute atomic E-state index is 13.3. The number of hydrogen-bond acceptors (Lipinski definition) is 5. The van der Waals surface area contributed by atoms with Crippen LogP contribution in [0, 0.1) is 0 Å². The van der Waals surface area contributed by atoms with Crippen molar-refractivity contribution in [1.82, 2.24) is 9.47 Å². The number of rotatable bonds is 4. The van der Waals surface area contributed by atoms with Crippen LogP contribution in [-0.4, -0.2) is 56.9 Å². The van der Waals surface area contributed by atoms with Gasteiger partial charge in [-0.1, -0.05) is 0 Å². The van der Waals surface area contributed by atoms with Crippen LogP contribution in [0.15, 0.2) is 47.3 Å². The Balaban J connectivity index is 1.90. The zero-order valence-corrected chi connectivity index (χ0v) is 17.4. The van der Waals surface area contributed by atoms with Crippen molar-refractivity contribution in [3.05, 3.63) is 52.7 Å². The molecule has 152 valence electrons. The number of anilines is 1. The number of fused-ring (bicyclic) bond motifs is 1. The first kappa shape index (κ1) is 19.3. The van der Waals surface area contributed by atoms with Crippen LogP contribution in [0.4, 0.5) is 5.69 Å². The lowest BCUT2D eigenvalue weighted by Crippen LogP contribution is -2.44. The van der Waals surface area contributed by atoms with E-state index in [1.54, 1.807) is 20.3 Å². The van der Waals surface area contributed by atoms with Crippen molar-refractivity contribution >= 4 is 16.6 Å². The van der Waals surface area contributed by atoms with Crippen LogP contribution < -0.4 is 19.8 Å². The van der Waals surface area contributed by atoms with Gasteiger partial charge in [0.2, 0.25) is 0 Å². The summed E-state index contributed by atoms with van der Waals surface area (Å²) in [4.78, 5) is 17.9. The van der Waals surface area contributed by atoms with Crippen molar-refractivity contribution in [2.45, 2.75) is 0 Å². The van der Waals surface area contributed by atoms with E-state index < -0.39 is 0 Å². The molecule has 0 amide bonds. The molecule has 0 aliphatic carbocycles. The third-order valence-corrected chi connectivity index (χ3v) is 5.77. The van der Waals surface area contributed by atoms with Gasteiger partial charge < -0.3 is 23.8 Å². The Bertz CT molecular complexity index is 1080. The monoisotopic (exact) mass is 393 g/mol. The van der Waals surface area contributed by atoms with Crippen molar-refractivity contribution < 1.29 is 9.47 Å². The molecule has 2 heterocycles. The lowest BCUT2D eigenvalue weighted by Gasteiger charge is -2.35. The minimum absolute atomic E-state index is 0.0282. The molecule has 2 aromatic carbocycles. The summed E-state index contributed by atoms with van der Waals surface area (Å²) in [5, 5.41) is 0.745. The lowest BCUT2D eigenvalue weighted by atomic mass is 10.1. The van der Waals surface area contributed by atoms with E-state index in [1.807, 2.05) is 43.4 Å². The van der Waals surface area contributed by atoms with Crippen LogP contribution in [0.3, 0.4) is 0 Å². The second-order valence-electron chi connectivity index (χ2n) is 7.51. The first-order chi connectivity index (χ1) is 14.0. The maximum Gasteiger partial charge on any atom is 0.192 e. The normalized spacial score (nSPS) is 15.0. The van der Waals surface area contributed by atoms with Gasteiger partial charge in [-0.25, -0.2) is 0 Å². The molecule has 0 atom stereocenters. The third-order valence-electron chi connectivity index (χ3n) is 5.77. The molecule has 6 nitrogen and oxygen atoms in total. The van der Waals surface area contributed by atoms with Crippen molar-refractivity contribution in [2.24, 2.45) is 7.05 Å². The van der Waals surface area contributed by atoms with Crippen LogP contribution in [0.25, 0.3) is 22.2 Å². The van der Waals surface area contributed by atoms with E-state index >= 15 is 0 Å². The van der Waals surface area contributed by atoms with Crippen LogP contribution in [-0.2, 0) is 7.05 Å². The highest BCUT2D eigenvalue weighted by atomic mass is 16.5. The number of piperazine rings is 1. The Labute approximate surface area is 170 Å². The molecule has 1 aliphatic heterocycles. The fraction of sp³-hybridized carbons (Fsp3) is 0.348. The largest absolute Gasteiger partial charge is 0.497 e. The summed E-state index contributed by atoms with van der Waals surface area (Å²) in [5.41, 5.74) is 3.69. The number of aromatic nitrogens is 1. The van der Waals surface area contributed by atoms with Crippen molar-refractivity contribution in [1.29, 1.82) is 0 Å². The Morgan fingerprint density at radius 1 is 0.828 bits per heavy atom. The molecule has 4 rings (SSSR count). The topological polar surface area (TPSA) is 46.9 Å². The van der Waals surface area contributed by atoms with Crippen molar-refractivity contribution in [3.8, 4) is 22.8 Å². The molecule has 0 unspecified atom stereocenters. The maximum atomic E-state index is 13.3. The molecule has 1 aliphatic rings. The van der Waals surface area contributed by atoms with E-state index in [2.05, 4.69) is 21.4 Å². The van der Waals surface area contributed by atoms with E-state index in [-0.39, 0.29) is 5.43 Å². The molecule has 29 heavy (non-hydrogen) atoms. The van der Waals surface area contributed by atoms with Gasteiger partial charge in [0, 0.05) is 51.4 Å². The molecule has 1 fully saturated rings. The Hall–Kier alpha value is -2.99. The minimum atomic E-state index is 0.0282. The molecule has 0 radical (unpaired) electrons. The van der Waals surface area contributed by atoms with E-state index in [4.69, 9.17) is 9.47 Å². The third kappa shape index (κ3) is 3.56. The molecular weight excluding hydrogens is 366 g/mol. The van der Waals surface area contributed by atoms with Crippen LogP contribution >= 0.6 is 0 Å². The summed E-state index contributed by atoms with van der Waals surface area (Å²) in [7, 11) is 7.43. The summed E-state index contributed by atoms with van der Waals surface area (Å²) in [6.07, 6.45) is 0. The predicted molar refractivity (Wildman–Crippen MR) is 117 cm³/mol. The molecule has 0 saturated carbocycles. The van der Waals surface area contributed by atoms with E-state index in [9.17, 15) is 4.79 Å². The van der Waals surface area contributed by atoms with Crippen LogP contribution in [0.5, 0.6) is 11.5 Å². The smallest absolute Gasteiger partial charge is 0.192 e. The number of likely N-dealkylation sites (N-methyl/N-ethyl adjacent to an activating group) is 1. The van der Waals surface area contributed by atoms with Gasteiger partial charge >= 0.3 is 0 Å². The zero-order valence-electron chi connectivity index (χ0n) is 17.4. The number of benzene rings is 2. The second-order valence-corrected chi connectivity index (χ2v) is 7.51. The van der Waals surface area contributed by atoms with Gasteiger partial charge in [0.05, 0.1) is 36.5 Å². The van der Waals surface area contributed by atoms with Crippen molar-refractivity contribution in [2.75, 3.05) is 52.3 Å². The summed E-state index contributed by atoms with van der Waals surface area (Å²) < 4.78 is 12.9. The summed E-state index contributed by atoms with van der Waals surface area (Å²) in [6.45, 7) is 3.73. The highest BCUT2D eigenvalue weighted by Crippen LogP contribution is 2.33. The minimum Gasteiger partial charge on any atom is -0.497 e. The average Bonchev–Trinajstić information content (AvgIpc) is 2.76. The molecule has 3 aromatic rings. The lowest BCUT2D eigenvalue weighted by molar-refractivity contribution is 0.313. The number of methoxy groups -OCH3 is 2. The number of pyridine rings is 1. The molecule has 0 spiro atoms. The number of ether oxygens (including phenoxy) is 2. The molecule has 0 bridgehead atoms. The van der Waals surface area contributed by atoms with Gasteiger partial charge in [0.25, 0.3) is 0 Å². The number of hydrogen-bond donors (Lipinski definition) is 0. The van der Waals surface area contributed by atoms with E-state index in [1.165, 1.54) is 0 Å².